The van der Waals surface area contributed by atoms with Gasteiger partial charge in [0.1, 0.15) is 0 Å². The number of hydrogen-bond donors (Lipinski definition) is 2. The van der Waals surface area contributed by atoms with Gasteiger partial charge in [-0.05, 0) is 24.6 Å². The number of carbonyl (C=O) groups is 1. The normalized spacial score (nSPS) is 19.5. The van der Waals surface area contributed by atoms with Gasteiger partial charge < -0.3 is 14.7 Å². The lowest BCUT2D eigenvalue weighted by Crippen LogP contribution is -2.45. The first-order valence-corrected chi connectivity index (χ1v) is 8.13. The van der Waals surface area contributed by atoms with Crippen molar-refractivity contribution >= 4 is 21.7 Å². The zero-order chi connectivity index (χ0) is 15.6. The van der Waals surface area contributed by atoms with Crippen LogP contribution < -0.4 is 10.0 Å². The van der Waals surface area contributed by atoms with E-state index >= 15 is 0 Å². The van der Waals surface area contributed by atoms with Gasteiger partial charge in [-0.25, -0.2) is 18.4 Å². The van der Waals surface area contributed by atoms with Crippen molar-refractivity contribution in [2.24, 2.45) is 5.14 Å². The quantitative estimate of drug-likeness (QED) is 0.844. The zero-order valence-electron chi connectivity index (χ0n) is 11.7. The lowest BCUT2D eigenvalue weighted by molar-refractivity contribution is 0.0693. The molecule has 0 radical (unpaired) electrons. The van der Waals surface area contributed by atoms with Crippen LogP contribution in [-0.4, -0.2) is 45.3 Å². The molecule has 1 atom stereocenters. The number of sulfonamides is 1. The van der Waals surface area contributed by atoms with Crippen LogP contribution in [0, 0.1) is 0 Å². The predicted octanol–water partition coefficient (Wildman–Crippen LogP) is 0.647. The van der Waals surface area contributed by atoms with Gasteiger partial charge in [-0.3, -0.25) is 0 Å². The zero-order valence-corrected chi connectivity index (χ0v) is 12.5. The molecule has 1 fully saturated rings. The molecule has 1 unspecified atom stereocenters. The number of carboxylic acids is 1. The van der Waals surface area contributed by atoms with Gasteiger partial charge >= 0.3 is 5.97 Å². The van der Waals surface area contributed by atoms with Gasteiger partial charge in [-0.2, -0.15) is 0 Å². The van der Waals surface area contributed by atoms with Crippen LogP contribution in [0.3, 0.4) is 0 Å². The first-order valence-electron chi connectivity index (χ1n) is 6.59. The van der Waals surface area contributed by atoms with Crippen molar-refractivity contribution in [3.05, 3.63) is 23.8 Å². The number of carboxylic acid groups (broad SMARTS) is 1. The van der Waals surface area contributed by atoms with Crippen molar-refractivity contribution in [1.82, 2.24) is 0 Å². The monoisotopic (exact) mass is 314 g/mol. The molecule has 1 saturated heterocycles. The van der Waals surface area contributed by atoms with E-state index in [0.29, 0.717) is 25.4 Å². The highest BCUT2D eigenvalue weighted by Crippen LogP contribution is 2.27. The van der Waals surface area contributed by atoms with E-state index in [0.717, 1.165) is 12.5 Å². The molecule has 0 spiro atoms. The summed E-state index contributed by atoms with van der Waals surface area (Å²) >= 11 is 0. The average Bonchev–Trinajstić information content (AvgIpc) is 2.45. The maximum absolute atomic E-state index is 11.4. The molecule has 1 aliphatic rings. The number of benzene rings is 1. The number of nitrogens with two attached hydrogens (primary N) is 1. The van der Waals surface area contributed by atoms with Crippen molar-refractivity contribution in [3.8, 4) is 0 Å². The number of anilines is 1. The number of nitrogens with zero attached hydrogens (tertiary/aromatic N) is 1. The summed E-state index contributed by atoms with van der Waals surface area (Å²) in [5.74, 6) is -1.18. The fourth-order valence-corrected chi connectivity index (χ4v) is 2.96. The molecule has 7 nitrogen and oxygen atoms in total. The van der Waals surface area contributed by atoms with Crippen LogP contribution >= 0.6 is 0 Å². The lowest BCUT2D eigenvalue weighted by Gasteiger charge is -2.37. The van der Waals surface area contributed by atoms with Crippen molar-refractivity contribution in [2.75, 3.05) is 24.7 Å². The molecule has 0 bridgehead atoms. The predicted molar refractivity (Wildman–Crippen MR) is 77.0 cm³/mol. The van der Waals surface area contributed by atoms with Crippen LogP contribution in [0.1, 0.15) is 23.7 Å². The Labute approximate surface area is 123 Å². The number of morpholine rings is 1. The average molecular weight is 314 g/mol. The number of ether oxygens (including phenoxy) is 1. The molecule has 1 heterocycles. The van der Waals surface area contributed by atoms with E-state index < -0.39 is 16.0 Å². The van der Waals surface area contributed by atoms with Crippen LogP contribution in [0.15, 0.2) is 23.1 Å². The second kappa shape index (κ2) is 6.00. The number of hydrogen-bond acceptors (Lipinski definition) is 5. The minimum Gasteiger partial charge on any atom is -0.478 e. The van der Waals surface area contributed by atoms with Gasteiger partial charge in [-0.15, -0.1) is 0 Å². The Morgan fingerprint density at radius 2 is 2.24 bits per heavy atom. The molecule has 2 rings (SSSR count). The Morgan fingerprint density at radius 1 is 1.52 bits per heavy atom. The summed E-state index contributed by atoms with van der Waals surface area (Å²) in [6, 6.07) is 4.00. The van der Waals surface area contributed by atoms with Crippen molar-refractivity contribution in [3.63, 3.8) is 0 Å². The lowest BCUT2D eigenvalue weighted by atomic mass is 10.1. The summed E-state index contributed by atoms with van der Waals surface area (Å²) in [5, 5.41) is 14.4. The minimum absolute atomic E-state index is 0.0668. The largest absolute Gasteiger partial charge is 0.478 e. The molecule has 116 valence electrons. The molecule has 1 aliphatic heterocycles. The molecule has 0 saturated carbocycles. The van der Waals surface area contributed by atoms with E-state index in [1.807, 2.05) is 11.8 Å². The second-order valence-corrected chi connectivity index (χ2v) is 6.42. The Bertz CT molecular complexity index is 644. The molecule has 0 aromatic heterocycles. The first kappa shape index (κ1) is 15.7. The van der Waals surface area contributed by atoms with Crippen LogP contribution in [0.25, 0.3) is 0 Å². The van der Waals surface area contributed by atoms with E-state index in [2.05, 4.69) is 0 Å². The molecule has 0 amide bonds. The summed E-state index contributed by atoms with van der Waals surface area (Å²) in [7, 11) is -3.93. The highest BCUT2D eigenvalue weighted by molar-refractivity contribution is 7.89. The smallest absolute Gasteiger partial charge is 0.337 e. The van der Waals surface area contributed by atoms with Crippen molar-refractivity contribution in [2.45, 2.75) is 24.3 Å². The van der Waals surface area contributed by atoms with Gasteiger partial charge in [0.25, 0.3) is 0 Å². The highest BCUT2D eigenvalue weighted by Gasteiger charge is 2.26. The number of aromatic carboxylic acids is 1. The maximum atomic E-state index is 11.4. The highest BCUT2D eigenvalue weighted by atomic mass is 32.2. The van der Waals surface area contributed by atoms with Gasteiger partial charge in [0.05, 0.1) is 35.4 Å². The van der Waals surface area contributed by atoms with Crippen LogP contribution in [0.4, 0.5) is 5.69 Å². The molecule has 1 aromatic carbocycles. The molecular formula is C13H18N2O5S. The topological polar surface area (TPSA) is 110 Å². The van der Waals surface area contributed by atoms with Gasteiger partial charge in [0.2, 0.25) is 10.0 Å². The van der Waals surface area contributed by atoms with E-state index in [9.17, 15) is 18.3 Å². The molecule has 0 aliphatic carbocycles. The van der Waals surface area contributed by atoms with Crippen LogP contribution in [-0.2, 0) is 14.8 Å². The van der Waals surface area contributed by atoms with E-state index in [1.54, 1.807) is 0 Å². The summed E-state index contributed by atoms with van der Waals surface area (Å²) in [5.41, 5.74) is 0.423. The Kier molecular flexibility index (Phi) is 4.50. The third-order valence-electron chi connectivity index (χ3n) is 3.54. The minimum atomic E-state index is -3.93. The number of rotatable bonds is 4. The van der Waals surface area contributed by atoms with Crippen molar-refractivity contribution < 1.29 is 23.1 Å². The van der Waals surface area contributed by atoms with E-state index in [4.69, 9.17) is 9.88 Å². The second-order valence-electron chi connectivity index (χ2n) is 4.86. The van der Waals surface area contributed by atoms with Crippen molar-refractivity contribution in [1.29, 1.82) is 0 Å². The Hall–Kier alpha value is -1.64. The Balaban J connectivity index is 2.50. The van der Waals surface area contributed by atoms with E-state index in [-0.39, 0.29) is 16.5 Å². The van der Waals surface area contributed by atoms with E-state index in [1.165, 1.54) is 12.1 Å². The third kappa shape index (κ3) is 3.34. The molecule has 8 heteroatoms. The van der Waals surface area contributed by atoms with Gasteiger partial charge in [0, 0.05) is 6.54 Å². The van der Waals surface area contributed by atoms with Gasteiger partial charge in [-0.1, -0.05) is 6.92 Å². The Morgan fingerprint density at radius 3 is 2.81 bits per heavy atom. The molecule has 1 aromatic rings. The fourth-order valence-electron chi connectivity index (χ4n) is 2.42. The maximum Gasteiger partial charge on any atom is 0.337 e. The SMILES string of the molecule is CCC1COCCN1c1ccc(S(N)(=O)=O)cc1C(=O)O. The standard InChI is InChI=1S/C13H18N2O5S/c1-2-9-8-20-6-5-15(9)12-4-3-10(21(14,18)19)7-11(12)13(16)17/h3-4,7,9H,2,5-6,8H2,1H3,(H,16,17)(H2,14,18,19). The summed E-state index contributed by atoms with van der Waals surface area (Å²) in [6.45, 7) is 3.58. The molecular weight excluding hydrogens is 296 g/mol. The third-order valence-corrected chi connectivity index (χ3v) is 4.45. The van der Waals surface area contributed by atoms with Crippen LogP contribution in [0.2, 0.25) is 0 Å². The molecule has 3 N–H and O–H groups in total. The molecule has 21 heavy (non-hydrogen) atoms. The fraction of sp³-hybridized carbons (Fsp3) is 0.462. The van der Waals surface area contributed by atoms with Crippen LogP contribution in [0.5, 0.6) is 0 Å². The summed E-state index contributed by atoms with van der Waals surface area (Å²) < 4.78 is 28.1. The van der Waals surface area contributed by atoms with Gasteiger partial charge in [0.15, 0.2) is 0 Å². The first-order chi connectivity index (χ1) is 9.84. The summed E-state index contributed by atoms with van der Waals surface area (Å²) in [6.07, 6.45) is 0.802. The number of primary sulfonamides is 1. The summed E-state index contributed by atoms with van der Waals surface area (Å²) in [4.78, 5) is 13.2.